The van der Waals surface area contributed by atoms with Gasteiger partial charge >= 0.3 is 0 Å². The molecule has 0 aromatic heterocycles. The molecule has 0 radical (unpaired) electrons. The largest absolute Gasteiger partial charge is 0.496 e. The number of hydrogen-bond donors (Lipinski definition) is 1. The Kier molecular flexibility index (Phi) is 7.01. The lowest BCUT2D eigenvalue weighted by atomic mass is 10.1. The minimum atomic E-state index is -0.179. The lowest BCUT2D eigenvalue weighted by molar-refractivity contribution is 0.0950. The Balaban J connectivity index is 1.75. The van der Waals surface area contributed by atoms with E-state index in [0.717, 1.165) is 28.0 Å². The summed E-state index contributed by atoms with van der Waals surface area (Å²) in [5.74, 6) is 1.34. The lowest BCUT2D eigenvalue weighted by Crippen LogP contribution is -2.23. The molecule has 4 nitrogen and oxygen atoms in total. The molecule has 0 aliphatic carbocycles. The summed E-state index contributed by atoms with van der Waals surface area (Å²) in [4.78, 5) is 12.7. The van der Waals surface area contributed by atoms with E-state index in [1.54, 1.807) is 31.4 Å². The molecule has 3 rings (SSSR count). The van der Waals surface area contributed by atoms with E-state index < -0.39 is 0 Å². The summed E-state index contributed by atoms with van der Waals surface area (Å²) < 4.78 is 11.5. The molecule has 30 heavy (non-hydrogen) atoms. The molecule has 3 aromatic carbocycles. The minimum Gasteiger partial charge on any atom is -0.496 e. The molecule has 3 aromatic rings. The Morgan fingerprint density at radius 1 is 0.967 bits per heavy atom. The minimum absolute atomic E-state index is 0.179. The quantitative estimate of drug-likeness (QED) is 0.523. The van der Waals surface area contributed by atoms with Crippen molar-refractivity contribution in [2.45, 2.75) is 33.9 Å². The molecule has 0 spiro atoms. The van der Waals surface area contributed by atoms with Gasteiger partial charge in [-0.05, 0) is 73.4 Å². The summed E-state index contributed by atoms with van der Waals surface area (Å²) in [7, 11) is 1.61. The summed E-state index contributed by atoms with van der Waals surface area (Å²) in [6, 6.07) is 16.9. The van der Waals surface area contributed by atoms with Crippen molar-refractivity contribution in [1.29, 1.82) is 0 Å². The Bertz CT molecular complexity index is 1060. The van der Waals surface area contributed by atoms with E-state index in [1.165, 1.54) is 5.56 Å². The van der Waals surface area contributed by atoms with Crippen LogP contribution in [0.2, 0.25) is 5.02 Å². The zero-order valence-corrected chi connectivity index (χ0v) is 18.5. The zero-order chi connectivity index (χ0) is 21.7. The first-order valence-electron chi connectivity index (χ1n) is 9.78. The van der Waals surface area contributed by atoms with Crippen molar-refractivity contribution < 1.29 is 14.3 Å². The molecule has 0 heterocycles. The number of carbonyl (C=O) groups is 1. The molecule has 0 saturated heterocycles. The van der Waals surface area contributed by atoms with Gasteiger partial charge in [0.05, 0.1) is 7.11 Å². The first kappa shape index (κ1) is 21.7. The van der Waals surface area contributed by atoms with Crippen LogP contribution in [0.5, 0.6) is 11.5 Å². The second-order valence-corrected chi connectivity index (χ2v) is 7.70. The van der Waals surface area contributed by atoms with E-state index in [1.807, 2.05) is 38.1 Å². The maximum absolute atomic E-state index is 12.7. The van der Waals surface area contributed by atoms with E-state index >= 15 is 0 Å². The number of hydrogen-bond acceptors (Lipinski definition) is 3. The van der Waals surface area contributed by atoms with Crippen molar-refractivity contribution in [2.24, 2.45) is 0 Å². The molecule has 0 unspecified atom stereocenters. The normalized spacial score (nSPS) is 10.6. The van der Waals surface area contributed by atoms with Crippen LogP contribution >= 0.6 is 11.6 Å². The van der Waals surface area contributed by atoms with Gasteiger partial charge in [0, 0.05) is 22.7 Å². The fourth-order valence-electron chi connectivity index (χ4n) is 3.26. The highest BCUT2D eigenvalue weighted by molar-refractivity contribution is 6.31. The maximum atomic E-state index is 12.7. The van der Waals surface area contributed by atoms with Gasteiger partial charge in [-0.15, -0.1) is 0 Å². The molecule has 0 fully saturated rings. The fourth-order valence-corrected chi connectivity index (χ4v) is 3.46. The lowest BCUT2D eigenvalue weighted by Gasteiger charge is -2.15. The van der Waals surface area contributed by atoms with Crippen LogP contribution in [0.25, 0.3) is 0 Å². The average molecular weight is 424 g/mol. The predicted octanol–water partition coefficient (Wildman–Crippen LogP) is 5.78. The van der Waals surface area contributed by atoms with Crippen LogP contribution in [-0.2, 0) is 13.2 Å². The van der Waals surface area contributed by atoms with E-state index in [4.69, 9.17) is 21.1 Å². The molecule has 0 saturated carbocycles. The smallest absolute Gasteiger partial charge is 0.251 e. The number of ether oxygens (including phenoxy) is 2. The van der Waals surface area contributed by atoms with Crippen molar-refractivity contribution in [3.8, 4) is 11.5 Å². The third-order valence-electron chi connectivity index (χ3n) is 5.09. The number of carbonyl (C=O) groups excluding carboxylic acids is 1. The molecular formula is C25H26ClNO3. The van der Waals surface area contributed by atoms with E-state index in [-0.39, 0.29) is 5.91 Å². The standard InChI is InChI=1S/C25H26ClNO3/c1-16-11-17(2)18(3)24(12-16)30-15-21-13-19(9-10-23(21)29-4)25(28)27-14-20-7-5-6-8-22(20)26/h5-13H,14-15H2,1-4H3,(H,27,28). The van der Waals surface area contributed by atoms with Gasteiger partial charge < -0.3 is 14.8 Å². The van der Waals surface area contributed by atoms with Crippen LogP contribution in [0.3, 0.4) is 0 Å². The van der Waals surface area contributed by atoms with Crippen molar-refractivity contribution in [3.05, 3.63) is 93.0 Å². The number of methoxy groups -OCH3 is 1. The number of aryl methyl sites for hydroxylation is 2. The number of amides is 1. The van der Waals surface area contributed by atoms with E-state index in [2.05, 4.69) is 18.3 Å². The summed E-state index contributed by atoms with van der Waals surface area (Å²) in [6.07, 6.45) is 0. The molecular weight excluding hydrogens is 398 g/mol. The number of rotatable bonds is 7. The monoisotopic (exact) mass is 423 g/mol. The van der Waals surface area contributed by atoms with Crippen LogP contribution in [0.1, 0.15) is 38.2 Å². The van der Waals surface area contributed by atoms with Crippen LogP contribution < -0.4 is 14.8 Å². The molecule has 156 valence electrons. The Hall–Kier alpha value is -2.98. The first-order chi connectivity index (χ1) is 14.4. The highest BCUT2D eigenvalue weighted by Gasteiger charge is 2.13. The first-order valence-corrected chi connectivity index (χ1v) is 10.2. The molecule has 0 aliphatic rings. The Labute approximate surface area is 182 Å². The molecule has 1 amide bonds. The Morgan fingerprint density at radius 3 is 2.47 bits per heavy atom. The number of benzene rings is 3. The van der Waals surface area contributed by atoms with Gasteiger partial charge in [-0.2, -0.15) is 0 Å². The van der Waals surface area contributed by atoms with Crippen molar-refractivity contribution in [1.82, 2.24) is 5.32 Å². The van der Waals surface area contributed by atoms with Crippen molar-refractivity contribution in [3.63, 3.8) is 0 Å². The number of nitrogens with one attached hydrogen (secondary N) is 1. The highest BCUT2D eigenvalue weighted by atomic mass is 35.5. The van der Waals surface area contributed by atoms with Gasteiger partial charge in [0.1, 0.15) is 18.1 Å². The summed E-state index contributed by atoms with van der Waals surface area (Å²) in [5.41, 5.74) is 5.65. The van der Waals surface area contributed by atoms with Gasteiger partial charge in [-0.3, -0.25) is 4.79 Å². The molecule has 0 aliphatic heterocycles. The summed E-state index contributed by atoms with van der Waals surface area (Å²) >= 11 is 6.17. The molecule has 5 heteroatoms. The third kappa shape index (κ3) is 5.14. The molecule has 0 atom stereocenters. The summed E-state index contributed by atoms with van der Waals surface area (Å²) in [5, 5.41) is 3.54. The average Bonchev–Trinajstić information content (AvgIpc) is 2.74. The second kappa shape index (κ2) is 9.68. The number of halogens is 1. The van der Waals surface area contributed by atoms with Crippen molar-refractivity contribution >= 4 is 17.5 Å². The van der Waals surface area contributed by atoms with Gasteiger partial charge in [0.2, 0.25) is 0 Å². The fraction of sp³-hybridized carbons (Fsp3) is 0.240. The topological polar surface area (TPSA) is 47.6 Å². The van der Waals surface area contributed by atoms with E-state index in [0.29, 0.717) is 29.5 Å². The van der Waals surface area contributed by atoms with E-state index in [9.17, 15) is 4.79 Å². The predicted molar refractivity (Wildman–Crippen MR) is 121 cm³/mol. The van der Waals surface area contributed by atoms with Crippen LogP contribution in [0.15, 0.2) is 54.6 Å². The summed E-state index contributed by atoms with van der Waals surface area (Å²) in [6.45, 7) is 6.82. The maximum Gasteiger partial charge on any atom is 0.251 e. The third-order valence-corrected chi connectivity index (χ3v) is 5.46. The molecule has 1 N–H and O–H groups in total. The zero-order valence-electron chi connectivity index (χ0n) is 17.7. The van der Waals surface area contributed by atoms with Crippen LogP contribution in [-0.4, -0.2) is 13.0 Å². The Morgan fingerprint density at radius 2 is 1.73 bits per heavy atom. The van der Waals surface area contributed by atoms with Gasteiger partial charge in [-0.25, -0.2) is 0 Å². The van der Waals surface area contributed by atoms with Gasteiger partial charge in [0.25, 0.3) is 5.91 Å². The van der Waals surface area contributed by atoms with Crippen LogP contribution in [0, 0.1) is 20.8 Å². The SMILES string of the molecule is COc1ccc(C(=O)NCc2ccccc2Cl)cc1COc1cc(C)cc(C)c1C. The van der Waals surface area contributed by atoms with Crippen LogP contribution in [0.4, 0.5) is 0 Å². The van der Waals surface area contributed by atoms with Gasteiger partial charge in [0.15, 0.2) is 0 Å². The van der Waals surface area contributed by atoms with Crippen molar-refractivity contribution in [2.75, 3.05) is 7.11 Å². The second-order valence-electron chi connectivity index (χ2n) is 7.29. The molecule has 0 bridgehead atoms. The van der Waals surface area contributed by atoms with Gasteiger partial charge in [-0.1, -0.05) is 35.9 Å². The highest BCUT2D eigenvalue weighted by Crippen LogP contribution is 2.27.